The van der Waals surface area contributed by atoms with E-state index in [4.69, 9.17) is 9.47 Å². The molecule has 1 atom stereocenters. The molecule has 0 amide bonds. The molecule has 0 radical (unpaired) electrons. The third kappa shape index (κ3) is 11.0. The predicted octanol–water partition coefficient (Wildman–Crippen LogP) is 2.57. The van der Waals surface area contributed by atoms with Crippen LogP contribution in [0, 0.1) is 0 Å². The number of aliphatic hydroxyl groups is 1. The van der Waals surface area contributed by atoms with E-state index in [0.717, 1.165) is 43.4 Å². The van der Waals surface area contributed by atoms with E-state index in [1.165, 1.54) is 0 Å². The van der Waals surface area contributed by atoms with Crippen molar-refractivity contribution in [1.29, 1.82) is 0 Å². The molecule has 0 aliphatic rings. The summed E-state index contributed by atoms with van der Waals surface area (Å²) in [6, 6.07) is 3.88. The lowest BCUT2D eigenvalue weighted by molar-refractivity contribution is 0.0689. The maximum Gasteiger partial charge on any atom is 0.191 e. The lowest BCUT2D eigenvalue weighted by Crippen LogP contribution is -2.39. The van der Waals surface area contributed by atoms with Gasteiger partial charge in [0, 0.05) is 31.7 Å². The van der Waals surface area contributed by atoms with Crippen LogP contribution in [0.5, 0.6) is 0 Å². The van der Waals surface area contributed by atoms with Crippen molar-refractivity contribution >= 4 is 41.3 Å². The number of ether oxygens (including phenoxy) is 2. The predicted molar refractivity (Wildman–Crippen MR) is 115 cm³/mol. The molecule has 25 heavy (non-hydrogen) atoms. The summed E-state index contributed by atoms with van der Waals surface area (Å²) in [4.78, 5) is 5.43. The van der Waals surface area contributed by atoms with Crippen molar-refractivity contribution in [3.05, 3.63) is 22.4 Å². The molecule has 0 saturated heterocycles. The molecule has 1 aromatic rings. The number of nitrogens with one attached hydrogen (secondary N) is 2. The molecule has 6 nitrogen and oxygen atoms in total. The van der Waals surface area contributed by atoms with Crippen LogP contribution in [-0.2, 0) is 15.1 Å². The van der Waals surface area contributed by atoms with Gasteiger partial charge in [-0.25, -0.2) is 4.99 Å². The highest BCUT2D eigenvalue weighted by molar-refractivity contribution is 14.0. The van der Waals surface area contributed by atoms with Crippen molar-refractivity contribution in [3.63, 3.8) is 0 Å². The van der Waals surface area contributed by atoms with Gasteiger partial charge < -0.3 is 25.2 Å². The summed E-state index contributed by atoms with van der Waals surface area (Å²) >= 11 is 1.54. The van der Waals surface area contributed by atoms with Crippen molar-refractivity contribution < 1.29 is 14.6 Å². The van der Waals surface area contributed by atoms with Crippen LogP contribution in [0.2, 0.25) is 0 Å². The maximum atomic E-state index is 10.5. The summed E-state index contributed by atoms with van der Waals surface area (Å²) in [6.45, 7) is 7.77. The van der Waals surface area contributed by atoms with Crippen LogP contribution in [0.25, 0.3) is 0 Å². The Morgan fingerprint density at radius 2 is 2.08 bits per heavy atom. The number of thiophene rings is 1. The van der Waals surface area contributed by atoms with Crippen LogP contribution in [0.15, 0.2) is 22.5 Å². The Labute approximate surface area is 172 Å². The molecule has 1 unspecified atom stereocenters. The molecular weight excluding hydrogens is 453 g/mol. The van der Waals surface area contributed by atoms with Crippen LogP contribution < -0.4 is 10.6 Å². The largest absolute Gasteiger partial charge is 0.383 e. The highest BCUT2D eigenvalue weighted by Crippen LogP contribution is 2.25. The average molecular weight is 485 g/mol. The number of hydrogen-bond donors (Lipinski definition) is 3. The molecule has 1 aromatic heterocycles. The summed E-state index contributed by atoms with van der Waals surface area (Å²) < 4.78 is 10.4. The Kier molecular flexibility index (Phi) is 14.5. The fraction of sp³-hybridized carbons (Fsp3) is 0.706. The minimum atomic E-state index is -0.939. The SMILES string of the molecule is CCNC(=NCC(C)(O)c1cccs1)NCCCCOCCOC.I. The molecule has 0 spiro atoms. The van der Waals surface area contributed by atoms with Gasteiger partial charge >= 0.3 is 0 Å². The van der Waals surface area contributed by atoms with Crippen LogP contribution in [0.1, 0.15) is 31.6 Å². The first-order chi connectivity index (χ1) is 11.6. The third-order valence-electron chi connectivity index (χ3n) is 3.38. The van der Waals surface area contributed by atoms with Gasteiger partial charge in [0.25, 0.3) is 0 Å². The number of aliphatic imine (C=N–C) groups is 1. The van der Waals surface area contributed by atoms with E-state index in [-0.39, 0.29) is 24.0 Å². The van der Waals surface area contributed by atoms with Crippen LogP contribution >= 0.6 is 35.3 Å². The van der Waals surface area contributed by atoms with Crippen molar-refractivity contribution in [2.75, 3.05) is 46.6 Å². The van der Waals surface area contributed by atoms with Gasteiger partial charge in [0.05, 0.1) is 19.8 Å². The number of hydrogen-bond acceptors (Lipinski definition) is 5. The Morgan fingerprint density at radius 3 is 2.72 bits per heavy atom. The topological polar surface area (TPSA) is 75.1 Å². The number of guanidine groups is 1. The summed E-state index contributed by atoms with van der Waals surface area (Å²) in [5.41, 5.74) is -0.939. The summed E-state index contributed by atoms with van der Waals surface area (Å²) in [7, 11) is 1.67. The zero-order valence-electron chi connectivity index (χ0n) is 15.4. The van der Waals surface area contributed by atoms with Gasteiger partial charge in [0.15, 0.2) is 5.96 Å². The first kappa shape index (κ1) is 24.6. The fourth-order valence-corrected chi connectivity index (χ4v) is 2.80. The monoisotopic (exact) mass is 485 g/mol. The maximum absolute atomic E-state index is 10.5. The Morgan fingerprint density at radius 1 is 1.28 bits per heavy atom. The molecule has 0 bridgehead atoms. The van der Waals surface area contributed by atoms with Gasteiger partial charge in [-0.05, 0) is 38.1 Å². The summed E-state index contributed by atoms with van der Waals surface area (Å²) in [6.07, 6.45) is 1.99. The van der Waals surface area contributed by atoms with Crippen LogP contribution in [0.3, 0.4) is 0 Å². The molecule has 0 fully saturated rings. The standard InChI is InChI=1S/C17H31N3O3S.HI/c1-4-18-16(19-9-5-6-10-23-12-11-22-3)20-14-17(2,21)15-8-7-13-24-15;/h7-8,13,21H,4-6,9-12,14H2,1-3H3,(H2,18,19,20);1H. The van der Waals surface area contributed by atoms with Crippen molar-refractivity contribution in [1.82, 2.24) is 10.6 Å². The van der Waals surface area contributed by atoms with E-state index in [1.807, 2.05) is 24.4 Å². The fourth-order valence-electron chi connectivity index (χ4n) is 2.02. The van der Waals surface area contributed by atoms with Gasteiger partial charge in [0.2, 0.25) is 0 Å². The highest BCUT2D eigenvalue weighted by Gasteiger charge is 2.23. The zero-order valence-corrected chi connectivity index (χ0v) is 18.6. The van der Waals surface area contributed by atoms with E-state index in [1.54, 1.807) is 25.4 Å². The first-order valence-electron chi connectivity index (χ1n) is 8.45. The average Bonchev–Trinajstić information content (AvgIpc) is 3.10. The third-order valence-corrected chi connectivity index (χ3v) is 4.50. The van der Waals surface area contributed by atoms with Crippen molar-refractivity contribution in [2.45, 2.75) is 32.3 Å². The van der Waals surface area contributed by atoms with E-state index in [0.29, 0.717) is 19.8 Å². The second kappa shape index (κ2) is 14.7. The number of unbranched alkanes of at least 4 members (excludes halogenated alkanes) is 1. The Bertz CT molecular complexity index is 456. The number of nitrogens with zero attached hydrogens (tertiary/aromatic N) is 1. The highest BCUT2D eigenvalue weighted by atomic mass is 127. The van der Waals surface area contributed by atoms with Gasteiger partial charge in [-0.3, -0.25) is 0 Å². The summed E-state index contributed by atoms with van der Waals surface area (Å²) in [5.74, 6) is 0.731. The van der Waals surface area contributed by atoms with E-state index in [9.17, 15) is 5.11 Å². The lowest BCUT2D eigenvalue weighted by atomic mass is 10.1. The van der Waals surface area contributed by atoms with Crippen LogP contribution in [0.4, 0.5) is 0 Å². The van der Waals surface area contributed by atoms with E-state index >= 15 is 0 Å². The van der Waals surface area contributed by atoms with Crippen molar-refractivity contribution in [2.24, 2.45) is 4.99 Å². The minimum Gasteiger partial charge on any atom is -0.383 e. The molecule has 8 heteroatoms. The van der Waals surface area contributed by atoms with Gasteiger partial charge in [-0.1, -0.05) is 6.07 Å². The van der Waals surface area contributed by atoms with Gasteiger partial charge in [-0.2, -0.15) is 0 Å². The number of halogens is 1. The molecule has 1 rings (SSSR count). The minimum absolute atomic E-state index is 0. The molecule has 0 aliphatic carbocycles. The second-order valence-electron chi connectivity index (χ2n) is 5.69. The quantitative estimate of drug-likeness (QED) is 0.184. The smallest absolute Gasteiger partial charge is 0.191 e. The molecule has 3 N–H and O–H groups in total. The first-order valence-corrected chi connectivity index (χ1v) is 9.33. The second-order valence-corrected chi connectivity index (χ2v) is 6.63. The van der Waals surface area contributed by atoms with Crippen molar-refractivity contribution in [3.8, 4) is 0 Å². The Hall–Kier alpha value is -0.420. The molecule has 0 aliphatic heterocycles. The number of methoxy groups -OCH3 is 1. The molecule has 1 heterocycles. The van der Waals surface area contributed by atoms with Gasteiger partial charge in [0.1, 0.15) is 5.60 Å². The van der Waals surface area contributed by atoms with E-state index < -0.39 is 5.60 Å². The normalized spacial score (nSPS) is 13.8. The zero-order chi connectivity index (χ0) is 17.7. The number of rotatable bonds is 12. The summed E-state index contributed by atoms with van der Waals surface area (Å²) in [5, 5.41) is 19.0. The molecule has 0 aromatic carbocycles. The molecule has 146 valence electrons. The lowest BCUT2D eigenvalue weighted by Gasteiger charge is -2.20. The molecular formula is C17H32IN3O3S. The van der Waals surface area contributed by atoms with Gasteiger partial charge in [-0.15, -0.1) is 35.3 Å². The Balaban J connectivity index is 0.00000576. The van der Waals surface area contributed by atoms with Crippen LogP contribution in [-0.4, -0.2) is 57.6 Å². The molecule has 0 saturated carbocycles. The van der Waals surface area contributed by atoms with E-state index in [2.05, 4.69) is 15.6 Å².